The molecule has 42 heavy (non-hydrogen) atoms. The van der Waals surface area contributed by atoms with E-state index in [1.54, 1.807) is 6.07 Å². The van der Waals surface area contributed by atoms with Gasteiger partial charge in [0.1, 0.15) is 17.0 Å². The summed E-state index contributed by atoms with van der Waals surface area (Å²) in [5.74, 6) is -3.72. The third-order valence-corrected chi connectivity index (χ3v) is 8.34. The smallest absolute Gasteiger partial charge is 0.242 e. The molecule has 3 aromatic rings. The summed E-state index contributed by atoms with van der Waals surface area (Å²) >= 11 is 0. The van der Waals surface area contributed by atoms with Crippen molar-refractivity contribution in [1.82, 2.24) is 5.32 Å². The Morgan fingerprint density at radius 3 is 2.45 bits per heavy atom. The SMILES string of the molecule is CNC(C)(C(N)=O)[C@@H]1CN(C(=O)CS(C)(=O)=O)c2ccc(C#N)cc2N(Cc2c(OC)ccc3ccccc23)C1=O.Cl. The zero-order valence-electron chi connectivity index (χ0n) is 23.6. The van der Waals surface area contributed by atoms with Crippen molar-refractivity contribution in [1.29, 1.82) is 5.26 Å². The van der Waals surface area contributed by atoms with E-state index in [1.807, 2.05) is 30.3 Å². The number of nitrogens with two attached hydrogens (primary N) is 1. The molecule has 11 nitrogen and oxygen atoms in total. The van der Waals surface area contributed by atoms with Gasteiger partial charge in [-0.25, -0.2) is 8.42 Å². The van der Waals surface area contributed by atoms with E-state index >= 15 is 0 Å². The van der Waals surface area contributed by atoms with E-state index in [4.69, 9.17) is 10.5 Å². The number of nitriles is 1. The predicted octanol–water partition coefficient (Wildman–Crippen LogP) is 2.15. The topological polar surface area (TPSA) is 163 Å². The van der Waals surface area contributed by atoms with Crippen LogP contribution in [0.3, 0.4) is 0 Å². The molecule has 0 saturated heterocycles. The highest BCUT2D eigenvalue weighted by Crippen LogP contribution is 2.40. The largest absolute Gasteiger partial charge is 0.496 e. The first kappa shape index (κ1) is 32.3. The number of nitrogens with one attached hydrogen (secondary N) is 1. The summed E-state index contributed by atoms with van der Waals surface area (Å²) in [5, 5.41) is 14.2. The van der Waals surface area contributed by atoms with Gasteiger partial charge in [0.2, 0.25) is 17.7 Å². The lowest BCUT2D eigenvalue weighted by atomic mass is 9.83. The molecule has 2 atom stereocenters. The van der Waals surface area contributed by atoms with Crippen LogP contribution in [0.1, 0.15) is 18.1 Å². The van der Waals surface area contributed by atoms with Gasteiger partial charge >= 0.3 is 0 Å². The van der Waals surface area contributed by atoms with Gasteiger partial charge in [0.25, 0.3) is 0 Å². The second-order valence-electron chi connectivity index (χ2n) is 10.2. The molecule has 0 saturated carbocycles. The van der Waals surface area contributed by atoms with Crippen LogP contribution in [0.2, 0.25) is 0 Å². The normalized spacial score (nSPS) is 16.5. The van der Waals surface area contributed by atoms with Gasteiger partial charge < -0.3 is 25.6 Å². The highest BCUT2D eigenvalue weighted by molar-refractivity contribution is 7.91. The van der Waals surface area contributed by atoms with E-state index in [9.17, 15) is 28.1 Å². The number of ether oxygens (including phenoxy) is 1. The fourth-order valence-corrected chi connectivity index (χ4v) is 5.74. The van der Waals surface area contributed by atoms with Gasteiger partial charge in [0.15, 0.2) is 9.84 Å². The molecule has 1 heterocycles. The van der Waals surface area contributed by atoms with E-state index < -0.39 is 44.8 Å². The van der Waals surface area contributed by atoms with Gasteiger partial charge in [-0.2, -0.15) is 5.26 Å². The molecule has 4 rings (SSSR count). The highest BCUT2D eigenvalue weighted by atomic mass is 35.5. The number of hydrogen-bond donors (Lipinski definition) is 2. The Morgan fingerprint density at radius 1 is 1.17 bits per heavy atom. The Hall–Kier alpha value is -4.18. The number of nitrogens with zero attached hydrogens (tertiary/aromatic N) is 3. The van der Waals surface area contributed by atoms with E-state index in [1.165, 1.54) is 49.1 Å². The Kier molecular flexibility index (Phi) is 9.52. The molecular formula is C29H32ClN5O6S. The van der Waals surface area contributed by atoms with Crippen LogP contribution in [0.25, 0.3) is 10.8 Å². The zero-order chi connectivity index (χ0) is 30.1. The molecular weight excluding hydrogens is 582 g/mol. The molecule has 13 heteroatoms. The van der Waals surface area contributed by atoms with E-state index in [2.05, 4.69) is 11.4 Å². The summed E-state index contributed by atoms with van der Waals surface area (Å²) in [6.45, 7) is 1.08. The summed E-state index contributed by atoms with van der Waals surface area (Å²) < 4.78 is 29.9. The van der Waals surface area contributed by atoms with Crippen LogP contribution in [0, 0.1) is 17.2 Å². The van der Waals surface area contributed by atoms with E-state index in [-0.39, 0.29) is 42.4 Å². The molecule has 3 amide bonds. The number of carbonyl (C=O) groups is 3. The molecule has 0 radical (unpaired) electrons. The maximum Gasteiger partial charge on any atom is 0.242 e. The van der Waals surface area contributed by atoms with Crippen molar-refractivity contribution < 1.29 is 27.5 Å². The minimum atomic E-state index is -3.75. The number of methoxy groups -OCH3 is 1. The number of amides is 3. The van der Waals surface area contributed by atoms with E-state index in [0.717, 1.165) is 17.0 Å². The van der Waals surface area contributed by atoms with Gasteiger partial charge in [-0.3, -0.25) is 14.4 Å². The molecule has 1 unspecified atom stereocenters. The number of halogens is 1. The Bertz CT molecular complexity index is 1710. The Balaban J connectivity index is 0.00000484. The van der Waals surface area contributed by atoms with Crippen LogP contribution in [-0.4, -0.2) is 64.4 Å². The van der Waals surface area contributed by atoms with Gasteiger partial charge in [-0.05, 0) is 49.0 Å². The maximum absolute atomic E-state index is 14.5. The Labute approximate surface area is 250 Å². The number of benzene rings is 3. The third-order valence-electron chi connectivity index (χ3n) is 7.56. The number of sulfone groups is 1. The van der Waals surface area contributed by atoms with Crippen molar-refractivity contribution in [2.45, 2.75) is 19.0 Å². The standard InChI is InChI=1S/C29H31N5O6S.ClH/c1-29(32-2,28(31)37)22-16-33(26(35)17-41(4,38)39)23-11-9-18(14-30)13-24(23)34(27(22)36)15-21-20-8-6-5-7-19(20)10-12-25(21)40-3;/h5-13,22,32H,15-17H2,1-4H3,(H2,31,37);1H/t22-,29?;/m1./s1. The van der Waals surface area contributed by atoms with Crippen LogP contribution >= 0.6 is 12.4 Å². The number of fused-ring (bicyclic) bond motifs is 2. The third kappa shape index (κ3) is 6.04. The first-order valence-electron chi connectivity index (χ1n) is 12.7. The number of rotatable bonds is 8. The minimum Gasteiger partial charge on any atom is -0.496 e. The van der Waals surface area contributed by atoms with Crippen molar-refractivity contribution in [3.05, 3.63) is 65.7 Å². The number of likely N-dealkylation sites (N-methyl/N-ethyl adjacent to an activating group) is 1. The van der Waals surface area contributed by atoms with Crippen LogP contribution in [0.4, 0.5) is 11.4 Å². The van der Waals surface area contributed by atoms with Crippen LogP contribution in [0.15, 0.2) is 54.6 Å². The van der Waals surface area contributed by atoms with Gasteiger partial charge in [-0.15, -0.1) is 12.4 Å². The highest BCUT2D eigenvalue weighted by Gasteiger charge is 2.49. The summed E-state index contributed by atoms with van der Waals surface area (Å²) in [6, 6.07) is 17.7. The van der Waals surface area contributed by atoms with Crippen LogP contribution in [0.5, 0.6) is 5.75 Å². The molecule has 1 aliphatic heterocycles. The lowest BCUT2D eigenvalue weighted by Crippen LogP contribution is -2.63. The van der Waals surface area contributed by atoms with Crippen LogP contribution < -0.4 is 25.6 Å². The second-order valence-corrected chi connectivity index (χ2v) is 12.3. The minimum absolute atomic E-state index is 0. The maximum atomic E-state index is 14.5. The molecule has 1 aliphatic rings. The number of hydrogen-bond acceptors (Lipinski definition) is 8. The summed E-state index contributed by atoms with van der Waals surface area (Å²) in [4.78, 5) is 43.3. The fourth-order valence-electron chi connectivity index (χ4n) is 5.13. The predicted molar refractivity (Wildman–Crippen MR) is 162 cm³/mol. The van der Waals surface area contributed by atoms with Gasteiger partial charge in [0.05, 0.1) is 42.6 Å². The van der Waals surface area contributed by atoms with Crippen molar-refractivity contribution in [2.75, 3.05) is 42.5 Å². The average Bonchev–Trinajstić information content (AvgIpc) is 3.05. The summed E-state index contributed by atoms with van der Waals surface area (Å²) in [6.07, 6.45) is 0.936. The monoisotopic (exact) mass is 613 g/mol. The van der Waals surface area contributed by atoms with Crippen LogP contribution in [-0.2, 0) is 30.8 Å². The quantitative estimate of drug-likeness (QED) is 0.390. The number of anilines is 2. The molecule has 0 bridgehead atoms. The Morgan fingerprint density at radius 2 is 1.86 bits per heavy atom. The zero-order valence-corrected chi connectivity index (χ0v) is 25.2. The molecule has 0 fully saturated rings. The molecule has 222 valence electrons. The molecule has 0 aliphatic carbocycles. The first-order valence-corrected chi connectivity index (χ1v) is 14.8. The van der Waals surface area contributed by atoms with Gasteiger partial charge in [0, 0.05) is 18.4 Å². The van der Waals surface area contributed by atoms with Crippen molar-refractivity contribution >= 4 is 62.1 Å². The number of carbonyl (C=O) groups excluding carboxylic acids is 3. The van der Waals surface area contributed by atoms with Crippen molar-refractivity contribution in [2.24, 2.45) is 11.7 Å². The van der Waals surface area contributed by atoms with Crippen molar-refractivity contribution in [3.63, 3.8) is 0 Å². The van der Waals surface area contributed by atoms with Gasteiger partial charge in [-0.1, -0.05) is 30.3 Å². The lowest BCUT2D eigenvalue weighted by Gasteiger charge is -2.36. The van der Waals surface area contributed by atoms with Crippen molar-refractivity contribution in [3.8, 4) is 11.8 Å². The molecule has 3 N–H and O–H groups in total. The lowest BCUT2D eigenvalue weighted by molar-refractivity contribution is -0.133. The fraction of sp³-hybridized carbons (Fsp3) is 0.310. The number of primary amides is 1. The molecule has 3 aromatic carbocycles. The molecule has 0 aromatic heterocycles. The first-order chi connectivity index (χ1) is 19.3. The molecule has 0 spiro atoms. The average molecular weight is 614 g/mol. The summed E-state index contributed by atoms with van der Waals surface area (Å²) in [7, 11) is -0.760. The van der Waals surface area contributed by atoms with E-state index in [0.29, 0.717) is 11.3 Å². The second kappa shape index (κ2) is 12.4. The summed E-state index contributed by atoms with van der Waals surface area (Å²) in [5.41, 5.74) is 5.46.